The van der Waals surface area contributed by atoms with Gasteiger partial charge in [-0.3, -0.25) is 9.59 Å². The van der Waals surface area contributed by atoms with Crippen molar-refractivity contribution in [2.45, 2.75) is 0 Å². The van der Waals surface area contributed by atoms with Crippen molar-refractivity contribution in [1.29, 1.82) is 0 Å². The summed E-state index contributed by atoms with van der Waals surface area (Å²) in [6.45, 7) is 0. The molecule has 0 aliphatic heterocycles. The van der Waals surface area contributed by atoms with Crippen molar-refractivity contribution in [2.24, 2.45) is 0 Å². The highest BCUT2D eigenvalue weighted by Gasteiger charge is 2.09. The zero-order valence-corrected chi connectivity index (χ0v) is 17.3. The average Bonchev–Trinajstić information content (AvgIpc) is 2.81. The number of hydrogen-bond donors (Lipinski definition) is 2. The minimum atomic E-state index is -0.252. The number of hydrogen-bond acceptors (Lipinski definition) is 2. The molecule has 152 valence electrons. The second-order valence-electron chi connectivity index (χ2n) is 6.94. The van der Waals surface area contributed by atoms with Gasteiger partial charge in [0.1, 0.15) is 0 Å². The molecule has 0 saturated heterocycles. The maximum absolute atomic E-state index is 12.5. The van der Waals surface area contributed by atoms with Crippen LogP contribution in [0.1, 0.15) is 20.7 Å². The van der Waals surface area contributed by atoms with Crippen LogP contribution in [0, 0.1) is 0 Å². The van der Waals surface area contributed by atoms with Crippen LogP contribution in [0.15, 0.2) is 103 Å². The molecule has 0 aliphatic rings. The Morgan fingerprint density at radius 1 is 0.548 bits per heavy atom. The van der Waals surface area contributed by atoms with Crippen molar-refractivity contribution in [3.05, 3.63) is 119 Å². The van der Waals surface area contributed by atoms with E-state index in [-0.39, 0.29) is 11.8 Å². The molecule has 4 aromatic rings. The average molecular weight is 427 g/mol. The summed E-state index contributed by atoms with van der Waals surface area (Å²) in [5.41, 5.74) is 4.46. The highest BCUT2D eigenvalue weighted by atomic mass is 35.5. The van der Waals surface area contributed by atoms with Gasteiger partial charge in [-0.15, -0.1) is 0 Å². The Morgan fingerprint density at radius 2 is 1.10 bits per heavy atom. The van der Waals surface area contributed by atoms with Crippen LogP contribution in [0.5, 0.6) is 0 Å². The molecule has 2 amide bonds. The summed E-state index contributed by atoms with van der Waals surface area (Å²) in [5.74, 6) is -0.451. The lowest BCUT2D eigenvalue weighted by Gasteiger charge is -2.09. The molecule has 2 N–H and O–H groups in total. The van der Waals surface area contributed by atoms with Gasteiger partial charge in [-0.1, -0.05) is 60.1 Å². The molecule has 0 aliphatic carbocycles. The van der Waals surface area contributed by atoms with E-state index >= 15 is 0 Å². The molecule has 0 fully saturated rings. The van der Waals surface area contributed by atoms with Crippen molar-refractivity contribution in [1.82, 2.24) is 0 Å². The molecule has 0 saturated carbocycles. The second-order valence-corrected chi connectivity index (χ2v) is 7.38. The van der Waals surface area contributed by atoms with Gasteiger partial charge in [-0.2, -0.15) is 0 Å². The fourth-order valence-corrected chi connectivity index (χ4v) is 3.31. The Bertz CT molecular complexity index is 1200. The SMILES string of the molecule is O=C(Nc1ccc(NC(=O)c2cccc(Cl)c2)cc1)c1ccc(-c2ccccc2)cc1. The molecular weight excluding hydrogens is 408 g/mol. The van der Waals surface area contributed by atoms with Gasteiger partial charge in [0.2, 0.25) is 0 Å². The van der Waals surface area contributed by atoms with E-state index in [1.54, 1.807) is 60.7 Å². The van der Waals surface area contributed by atoms with Crippen LogP contribution < -0.4 is 10.6 Å². The number of rotatable bonds is 5. The third kappa shape index (κ3) is 5.18. The quantitative estimate of drug-likeness (QED) is 0.382. The minimum absolute atomic E-state index is 0.199. The summed E-state index contributed by atoms with van der Waals surface area (Å²) in [6, 6.07) is 31.1. The van der Waals surface area contributed by atoms with Gasteiger partial charge in [0.15, 0.2) is 0 Å². The van der Waals surface area contributed by atoms with Crippen molar-refractivity contribution in [3.63, 3.8) is 0 Å². The van der Waals surface area contributed by atoms with Gasteiger partial charge in [0.05, 0.1) is 0 Å². The fourth-order valence-electron chi connectivity index (χ4n) is 3.12. The summed E-state index contributed by atoms with van der Waals surface area (Å²) in [6.07, 6.45) is 0. The lowest BCUT2D eigenvalue weighted by atomic mass is 10.0. The van der Waals surface area contributed by atoms with Gasteiger partial charge in [0.25, 0.3) is 11.8 Å². The van der Waals surface area contributed by atoms with Gasteiger partial charge >= 0.3 is 0 Å². The summed E-state index contributed by atoms with van der Waals surface area (Å²) < 4.78 is 0. The molecule has 0 radical (unpaired) electrons. The van der Waals surface area contributed by atoms with Crippen LogP contribution in [0.25, 0.3) is 11.1 Å². The Morgan fingerprint density at radius 3 is 1.68 bits per heavy atom. The normalized spacial score (nSPS) is 10.4. The standard InChI is InChI=1S/C26H19ClN2O2/c27-22-8-4-7-21(17-22)26(31)29-24-15-13-23(14-16-24)28-25(30)20-11-9-19(10-12-20)18-5-2-1-3-6-18/h1-17H,(H,28,30)(H,29,31). The topological polar surface area (TPSA) is 58.2 Å². The molecule has 0 bridgehead atoms. The Kier molecular flexibility index (Phi) is 6.11. The van der Waals surface area contributed by atoms with Crippen LogP contribution in [-0.4, -0.2) is 11.8 Å². The zero-order chi connectivity index (χ0) is 21.6. The highest BCUT2D eigenvalue weighted by Crippen LogP contribution is 2.21. The van der Waals surface area contributed by atoms with Crippen molar-refractivity contribution >= 4 is 34.8 Å². The van der Waals surface area contributed by atoms with E-state index in [1.165, 1.54) is 0 Å². The second kappa shape index (κ2) is 9.28. The van der Waals surface area contributed by atoms with E-state index in [9.17, 15) is 9.59 Å². The molecule has 31 heavy (non-hydrogen) atoms. The number of nitrogens with one attached hydrogen (secondary N) is 2. The van der Waals surface area contributed by atoms with E-state index in [4.69, 9.17) is 11.6 Å². The number of carbonyl (C=O) groups is 2. The third-order valence-corrected chi connectivity index (χ3v) is 4.98. The molecule has 0 spiro atoms. The lowest BCUT2D eigenvalue weighted by Crippen LogP contribution is -2.13. The van der Waals surface area contributed by atoms with Crippen molar-refractivity contribution in [2.75, 3.05) is 10.6 Å². The van der Waals surface area contributed by atoms with Gasteiger partial charge in [-0.25, -0.2) is 0 Å². The third-order valence-electron chi connectivity index (χ3n) is 4.74. The molecule has 0 unspecified atom stereocenters. The molecule has 4 nitrogen and oxygen atoms in total. The molecule has 4 rings (SSSR count). The summed E-state index contributed by atoms with van der Waals surface area (Å²) in [4.78, 5) is 24.9. The molecular formula is C26H19ClN2O2. The number of carbonyl (C=O) groups excluding carboxylic acids is 2. The number of amides is 2. The van der Waals surface area contributed by atoms with Crippen molar-refractivity contribution in [3.8, 4) is 11.1 Å². The number of benzene rings is 4. The monoisotopic (exact) mass is 426 g/mol. The summed E-state index contributed by atoms with van der Waals surface area (Å²) >= 11 is 5.93. The van der Waals surface area contributed by atoms with Crippen LogP contribution in [-0.2, 0) is 0 Å². The predicted molar refractivity (Wildman–Crippen MR) is 126 cm³/mol. The molecule has 4 aromatic carbocycles. The zero-order valence-electron chi connectivity index (χ0n) is 16.5. The van der Waals surface area contributed by atoms with Crippen LogP contribution in [0.2, 0.25) is 5.02 Å². The highest BCUT2D eigenvalue weighted by molar-refractivity contribution is 6.31. The molecule has 0 heterocycles. The maximum Gasteiger partial charge on any atom is 0.255 e. The first-order valence-corrected chi connectivity index (χ1v) is 10.1. The van der Waals surface area contributed by atoms with E-state index in [0.29, 0.717) is 27.5 Å². The Balaban J connectivity index is 1.38. The van der Waals surface area contributed by atoms with E-state index in [0.717, 1.165) is 11.1 Å². The molecule has 5 heteroatoms. The Labute approximate surface area is 185 Å². The van der Waals surface area contributed by atoms with Gasteiger partial charge in [-0.05, 0) is 65.7 Å². The van der Waals surface area contributed by atoms with E-state index < -0.39 is 0 Å². The van der Waals surface area contributed by atoms with E-state index in [1.807, 2.05) is 42.5 Å². The molecule has 0 aromatic heterocycles. The lowest BCUT2D eigenvalue weighted by molar-refractivity contribution is 0.101. The number of halogens is 1. The van der Waals surface area contributed by atoms with Crippen LogP contribution >= 0.6 is 11.6 Å². The van der Waals surface area contributed by atoms with Crippen molar-refractivity contribution < 1.29 is 9.59 Å². The van der Waals surface area contributed by atoms with Gasteiger partial charge < -0.3 is 10.6 Å². The van der Waals surface area contributed by atoms with Gasteiger partial charge in [0, 0.05) is 27.5 Å². The smallest absolute Gasteiger partial charge is 0.255 e. The fraction of sp³-hybridized carbons (Fsp3) is 0. The van der Waals surface area contributed by atoms with E-state index in [2.05, 4.69) is 10.6 Å². The first-order chi connectivity index (χ1) is 15.1. The maximum atomic E-state index is 12.5. The molecule has 0 atom stereocenters. The van der Waals surface area contributed by atoms with Crippen LogP contribution in [0.4, 0.5) is 11.4 Å². The summed E-state index contributed by atoms with van der Waals surface area (Å²) in [7, 11) is 0. The minimum Gasteiger partial charge on any atom is -0.322 e. The largest absolute Gasteiger partial charge is 0.322 e. The summed E-state index contributed by atoms with van der Waals surface area (Å²) in [5, 5.41) is 6.18. The Hall–Kier alpha value is -3.89. The first kappa shape index (κ1) is 20.4. The first-order valence-electron chi connectivity index (χ1n) is 9.72. The number of anilines is 2. The predicted octanol–water partition coefficient (Wildman–Crippen LogP) is 6.51. The van der Waals surface area contributed by atoms with Crippen LogP contribution in [0.3, 0.4) is 0 Å².